The Hall–Kier alpha value is -1.43. The molecule has 0 saturated carbocycles. The molecule has 0 N–H and O–H groups in total. The normalized spacial score (nSPS) is 10.6. The van der Waals surface area contributed by atoms with Crippen molar-refractivity contribution >= 4 is 5.97 Å². The zero-order valence-corrected chi connectivity index (χ0v) is 13.3. The molecule has 1 rings (SSSR count). The van der Waals surface area contributed by atoms with Crippen LogP contribution in [0.25, 0.3) is 0 Å². The average molecular weight is 310 g/mol. The van der Waals surface area contributed by atoms with Crippen LogP contribution in [0.4, 0.5) is 0 Å². The molecule has 0 unspecified atom stereocenters. The van der Waals surface area contributed by atoms with E-state index in [0.29, 0.717) is 26.4 Å². The van der Waals surface area contributed by atoms with E-state index >= 15 is 0 Å². The quantitative estimate of drug-likeness (QED) is 0.414. The predicted octanol–water partition coefficient (Wildman–Crippen LogP) is 2.58. The van der Waals surface area contributed by atoms with E-state index in [9.17, 15) is 4.79 Å². The Morgan fingerprint density at radius 1 is 0.909 bits per heavy atom. The summed E-state index contributed by atoms with van der Waals surface area (Å²) in [4.78, 5) is 11.4. The standard InChI is InChI=1S/C17H26O5/c1-2-3-9-19-10-11-20-12-13-21-15-17(18)22-14-16-7-5-4-6-8-16/h4-8H,2-3,9-15H2,1H3. The lowest BCUT2D eigenvalue weighted by atomic mass is 10.2. The van der Waals surface area contributed by atoms with Gasteiger partial charge in [-0.3, -0.25) is 0 Å². The Labute approximate surface area is 132 Å². The average Bonchev–Trinajstić information content (AvgIpc) is 2.55. The molecule has 0 aliphatic heterocycles. The first kappa shape index (κ1) is 18.6. The molecule has 0 fully saturated rings. The first-order valence-corrected chi connectivity index (χ1v) is 7.75. The number of carbonyl (C=O) groups is 1. The SMILES string of the molecule is CCCCOCCOCCOCC(=O)OCc1ccccc1. The fourth-order valence-electron chi connectivity index (χ4n) is 1.62. The van der Waals surface area contributed by atoms with Crippen molar-refractivity contribution in [2.24, 2.45) is 0 Å². The van der Waals surface area contributed by atoms with Crippen LogP contribution in [-0.2, 0) is 30.3 Å². The summed E-state index contributed by atoms with van der Waals surface area (Å²) >= 11 is 0. The van der Waals surface area contributed by atoms with Gasteiger partial charge in [-0.1, -0.05) is 43.7 Å². The molecule has 0 amide bonds. The Morgan fingerprint density at radius 2 is 1.55 bits per heavy atom. The van der Waals surface area contributed by atoms with Crippen molar-refractivity contribution in [3.63, 3.8) is 0 Å². The van der Waals surface area contributed by atoms with Gasteiger partial charge in [-0.2, -0.15) is 0 Å². The van der Waals surface area contributed by atoms with E-state index in [0.717, 1.165) is 25.0 Å². The number of unbranched alkanes of at least 4 members (excludes halogenated alkanes) is 1. The van der Waals surface area contributed by atoms with Crippen LogP contribution < -0.4 is 0 Å². The number of rotatable bonds is 13. The lowest BCUT2D eigenvalue weighted by molar-refractivity contribution is -0.150. The van der Waals surface area contributed by atoms with Crippen LogP contribution in [0.3, 0.4) is 0 Å². The Kier molecular flexibility index (Phi) is 11.2. The Balaban J connectivity index is 1.87. The van der Waals surface area contributed by atoms with E-state index in [2.05, 4.69) is 6.92 Å². The largest absolute Gasteiger partial charge is 0.459 e. The number of esters is 1. The lowest BCUT2D eigenvalue weighted by Crippen LogP contribution is -2.16. The summed E-state index contributed by atoms with van der Waals surface area (Å²) in [6.45, 7) is 5.09. The molecule has 1 aromatic rings. The van der Waals surface area contributed by atoms with Gasteiger partial charge in [0.15, 0.2) is 0 Å². The Bertz CT molecular complexity index is 380. The summed E-state index contributed by atoms with van der Waals surface area (Å²) in [6, 6.07) is 9.55. The summed E-state index contributed by atoms with van der Waals surface area (Å²) in [7, 11) is 0. The smallest absolute Gasteiger partial charge is 0.332 e. The zero-order valence-electron chi connectivity index (χ0n) is 13.3. The molecule has 0 aromatic heterocycles. The minimum Gasteiger partial charge on any atom is -0.459 e. The molecule has 22 heavy (non-hydrogen) atoms. The number of hydrogen-bond acceptors (Lipinski definition) is 5. The third-order valence-electron chi connectivity index (χ3n) is 2.85. The van der Waals surface area contributed by atoms with Crippen LogP contribution in [-0.4, -0.2) is 45.6 Å². The maximum Gasteiger partial charge on any atom is 0.332 e. The summed E-state index contributed by atoms with van der Waals surface area (Å²) < 4.78 is 21.0. The fourth-order valence-corrected chi connectivity index (χ4v) is 1.62. The number of benzene rings is 1. The molecule has 0 saturated heterocycles. The molecule has 0 atom stereocenters. The highest BCUT2D eigenvalue weighted by Gasteiger charge is 2.03. The maximum atomic E-state index is 11.4. The van der Waals surface area contributed by atoms with Crippen LogP contribution in [0, 0.1) is 0 Å². The molecular weight excluding hydrogens is 284 g/mol. The van der Waals surface area contributed by atoms with Gasteiger partial charge in [0, 0.05) is 6.61 Å². The van der Waals surface area contributed by atoms with Crippen molar-refractivity contribution in [2.45, 2.75) is 26.4 Å². The monoisotopic (exact) mass is 310 g/mol. The summed E-state index contributed by atoms with van der Waals surface area (Å²) in [5.41, 5.74) is 0.960. The van der Waals surface area contributed by atoms with Crippen molar-refractivity contribution < 1.29 is 23.7 Å². The minimum absolute atomic E-state index is 0.0524. The van der Waals surface area contributed by atoms with Crippen LogP contribution in [0.15, 0.2) is 30.3 Å². The van der Waals surface area contributed by atoms with E-state index < -0.39 is 0 Å². The molecule has 0 aliphatic rings. The predicted molar refractivity (Wildman–Crippen MR) is 83.6 cm³/mol. The van der Waals surface area contributed by atoms with E-state index in [-0.39, 0.29) is 19.2 Å². The minimum atomic E-state index is -0.369. The highest BCUT2D eigenvalue weighted by atomic mass is 16.6. The van der Waals surface area contributed by atoms with Gasteiger partial charge in [-0.25, -0.2) is 4.79 Å². The molecule has 0 bridgehead atoms. The van der Waals surface area contributed by atoms with Gasteiger partial charge in [0.1, 0.15) is 13.2 Å². The van der Waals surface area contributed by atoms with Gasteiger partial charge < -0.3 is 18.9 Å². The molecule has 0 heterocycles. The second-order valence-electron chi connectivity index (χ2n) is 4.78. The number of hydrogen-bond donors (Lipinski definition) is 0. The first-order chi connectivity index (χ1) is 10.8. The summed E-state index contributed by atoms with van der Waals surface area (Å²) in [6.07, 6.45) is 2.21. The van der Waals surface area contributed by atoms with Crippen molar-refractivity contribution in [1.29, 1.82) is 0 Å². The van der Waals surface area contributed by atoms with Gasteiger partial charge in [0.05, 0.1) is 26.4 Å². The Morgan fingerprint density at radius 3 is 2.23 bits per heavy atom. The maximum absolute atomic E-state index is 11.4. The van der Waals surface area contributed by atoms with Gasteiger partial charge in [-0.15, -0.1) is 0 Å². The molecule has 0 spiro atoms. The molecular formula is C17H26O5. The van der Waals surface area contributed by atoms with Crippen LogP contribution >= 0.6 is 0 Å². The topological polar surface area (TPSA) is 54.0 Å². The third kappa shape index (κ3) is 10.3. The third-order valence-corrected chi connectivity index (χ3v) is 2.85. The second kappa shape index (κ2) is 13.2. The highest BCUT2D eigenvalue weighted by molar-refractivity contribution is 5.70. The number of carbonyl (C=O) groups excluding carboxylic acids is 1. The van der Waals surface area contributed by atoms with Crippen LogP contribution in [0.5, 0.6) is 0 Å². The first-order valence-electron chi connectivity index (χ1n) is 7.75. The van der Waals surface area contributed by atoms with Crippen molar-refractivity contribution in [3.8, 4) is 0 Å². The molecule has 0 radical (unpaired) electrons. The highest BCUT2D eigenvalue weighted by Crippen LogP contribution is 2.00. The molecule has 1 aromatic carbocycles. The van der Waals surface area contributed by atoms with Crippen LogP contribution in [0.2, 0.25) is 0 Å². The zero-order chi connectivity index (χ0) is 15.9. The van der Waals surface area contributed by atoms with Crippen LogP contribution in [0.1, 0.15) is 25.3 Å². The van der Waals surface area contributed by atoms with Crippen molar-refractivity contribution in [2.75, 3.05) is 39.6 Å². The summed E-state index contributed by atoms with van der Waals surface area (Å²) in [5, 5.41) is 0. The van der Waals surface area contributed by atoms with E-state index in [1.54, 1.807) is 0 Å². The fraction of sp³-hybridized carbons (Fsp3) is 0.588. The molecule has 124 valence electrons. The molecule has 5 heteroatoms. The van der Waals surface area contributed by atoms with Gasteiger partial charge >= 0.3 is 5.97 Å². The molecule has 0 aliphatic carbocycles. The molecule has 5 nitrogen and oxygen atoms in total. The van der Waals surface area contributed by atoms with Gasteiger partial charge in [0.25, 0.3) is 0 Å². The van der Waals surface area contributed by atoms with Crippen molar-refractivity contribution in [3.05, 3.63) is 35.9 Å². The van der Waals surface area contributed by atoms with E-state index in [1.807, 2.05) is 30.3 Å². The number of ether oxygens (including phenoxy) is 4. The van der Waals surface area contributed by atoms with E-state index in [1.165, 1.54) is 0 Å². The van der Waals surface area contributed by atoms with Gasteiger partial charge in [-0.05, 0) is 12.0 Å². The van der Waals surface area contributed by atoms with Gasteiger partial charge in [0.2, 0.25) is 0 Å². The van der Waals surface area contributed by atoms with Crippen molar-refractivity contribution in [1.82, 2.24) is 0 Å². The summed E-state index contributed by atoms with van der Waals surface area (Å²) in [5.74, 6) is -0.369. The van der Waals surface area contributed by atoms with E-state index in [4.69, 9.17) is 18.9 Å². The second-order valence-corrected chi connectivity index (χ2v) is 4.78. The lowest BCUT2D eigenvalue weighted by Gasteiger charge is -2.07.